The van der Waals surface area contributed by atoms with Gasteiger partial charge in [0, 0.05) is 39.9 Å². The van der Waals surface area contributed by atoms with Crippen LogP contribution in [0.25, 0.3) is 95.0 Å². The predicted molar refractivity (Wildman–Crippen MR) is 284 cm³/mol. The first-order valence-corrected chi connectivity index (χ1v) is 23.7. The fourth-order valence-electron chi connectivity index (χ4n) is 9.41. The van der Waals surface area contributed by atoms with Crippen LogP contribution < -0.4 is 0 Å². The molecule has 0 fully saturated rings. The van der Waals surface area contributed by atoms with Gasteiger partial charge in [-0.05, 0) is 105 Å². The number of rotatable bonds is 11. The van der Waals surface area contributed by atoms with Gasteiger partial charge in [-0.3, -0.25) is 9.55 Å². The van der Waals surface area contributed by atoms with Gasteiger partial charge in [0.15, 0.2) is 0 Å². The van der Waals surface area contributed by atoms with E-state index in [0.717, 1.165) is 100 Å². The molecule has 0 bridgehead atoms. The molecule has 10 rings (SSSR count). The van der Waals surface area contributed by atoms with Crippen LogP contribution in [0.3, 0.4) is 0 Å². The normalized spacial score (nSPS) is 11.8. The molecular formula is C64H56N3OPt-. The smallest absolute Gasteiger partial charge is 0.148 e. The summed E-state index contributed by atoms with van der Waals surface area (Å²) in [7, 11) is 0. The van der Waals surface area contributed by atoms with Crippen LogP contribution in [0.15, 0.2) is 188 Å². The number of nitrogens with zero attached hydrogens (tertiary/aromatic N) is 3. The van der Waals surface area contributed by atoms with E-state index in [4.69, 9.17) is 9.97 Å². The third-order valence-electron chi connectivity index (χ3n) is 13.1. The number of para-hydroxylation sites is 1. The Balaban J connectivity index is 0.00000608. The summed E-state index contributed by atoms with van der Waals surface area (Å²) >= 11 is 0. The third-order valence-corrected chi connectivity index (χ3v) is 13.1. The first-order valence-electron chi connectivity index (χ1n) is 24.2. The Hall–Kier alpha value is -7.13. The average Bonchev–Trinajstić information content (AvgIpc) is 3.76. The fourth-order valence-corrected chi connectivity index (χ4v) is 9.41. The van der Waals surface area contributed by atoms with E-state index in [0.29, 0.717) is 11.4 Å². The molecule has 0 aliphatic rings. The summed E-state index contributed by atoms with van der Waals surface area (Å²) in [5.74, 6) is 0.180. The molecule has 4 nitrogen and oxygen atoms in total. The minimum absolute atomic E-state index is 0. The number of imidazole rings is 1. The van der Waals surface area contributed by atoms with Crippen molar-refractivity contribution in [1.29, 1.82) is 0 Å². The SMILES string of the molecule is [2H]C(C)(C)c1cc(-c2ccccc2)c(-n2c(-c3cc(C(C)C)cc(C(C)C)c3O)nc3c(-c4[c-]c(-c5cc(-c6ccc(C)cc6)ccn5)cc(-c5ccccc5)c4)cccc32)cc1-c1ccccc1.[Pt]. The second-order valence-corrected chi connectivity index (χ2v) is 18.8. The fraction of sp³-hybridized carbons (Fsp3) is 0.156. The Morgan fingerprint density at radius 3 is 1.78 bits per heavy atom. The largest absolute Gasteiger partial charge is 0.507 e. The van der Waals surface area contributed by atoms with Crippen LogP contribution >= 0.6 is 0 Å². The van der Waals surface area contributed by atoms with Crippen molar-refractivity contribution in [2.24, 2.45) is 0 Å². The predicted octanol–water partition coefficient (Wildman–Crippen LogP) is 17.3. The number of aromatic nitrogens is 3. The third kappa shape index (κ3) is 9.27. The molecular weight excluding hydrogens is 1020 g/mol. The molecule has 0 amide bonds. The van der Waals surface area contributed by atoms with Crippen LogP contribution in [0, 0.1) is 13.0 Å². The molecule has 0 spiro atoms. The van der Waals surface area contributed by atoms with Crippen molar-refractivity contribution in [3.05, 3.63) is 217 Å². The van der Waals surface area contributed by atoms with Gasteiger partial charge < -0.3 is 5.11 Å². The molecule has 2 heterocycles. The molecule has 344 valence electrons. The molecule has 0 saturated heterocycles. The molecule has 0 aliphatic carbocycles. The molecule has 10 aromatic rings. The quantitative estimate of drug-likeness (QED) is 0.131. The van der Waals surface area contributed by atoms with E-state index in [9.17, 15) is 6.48 Å². The zero-order chi connectivity index (χ0) is 48.0. The van der Waals surface area contributed by atoms with Gasteiger partial charge in [-0.15, -0.1) is 23.8 Å². The van der Waals surface area contributed by atoms with Gasteiger partial charge in [0.25, 0.3) is 0 Å². The van der Waals surface area contributed by atoms with Gasteiger partial charge in [-0.2, -0.15) is 0 Å². The zero-order valence-electron chi connectivity index (χ0n) is 41.2. The minimum Gasteiger partial charge on any atom is -0.507 e. The van der Waals surface area contributed by atoms with Crippen LogP contribution in [0.5, 0.6) is 5.75 Å². The Kier molecular flexibility index (Phi) is 13.1. The molecule has 0 unspecified atom stereocenters. The Morgan fingerprint density at radius 1 is 0.522 bits per heavy atom. The number of fused-ring (bicyclic) bond motifs is 1. The van der Waals surface area contributed by atoms with Crippen molar-refractivity contribution in [2.45, 2.75) is 66.2 Å². The maximum absolute atomic E-state index is 12.5. The van der Waals surface area contributed by atoms with Crippen LogP contribution in [0.4, 0.5) is 0 Å². The van der Waals surface area contributed by atoms with Gasteiger partial charge in [-0.25, -0.2) is 4.98 Å². The van der Waals surface area contributed by atoms with Crippen molar-refractivity contribution in [2.75, 3.05) is 0 Å². The van der Waals surface area contributed by atoms with Gasteiger partial charge in [0.1, 0.15) is 11.6 Å². The Morgan fingerprint density at radius 2 is 1.14 bits per heavy atom. The number of phenolic OH excluding ortho intramolecular Hbond substituents is 1. The second-order valence-electron chi connectivity index (χ2n) is 18.8. The molecule has 0 aliphatic heterocycles. The van der Waals surface area contributed by atoms with E-state index in [1.807, 2.05) is 38.2 Å². The van der Waals surface area contributed by atoms with E-state index in [-0.39, 0.29) is 38.7 Å². The molecule has 0 saturated carbocycles. The standard InChI is InChI=1S/C64H56N3O.Pt/c1-40(2)49-35-55(42(5)6)63(68)58(36-49)64-66-62-53(51-32-50(44-18-11-8-12-19-44)33-52(34-51)59-37-48(30-31-65-59)45-28-26-43(7)27-29-45)24-17-25-60(62)67(64)61-39-56(46-20-13-9-14-21-46)54(41(3)4)38-57(61)47-22-15-10-16-23-47;/h8-33,35-42,68H,1-7H3;/q-1;/i41D;. The summed E-state index contributed by atoms with van der Waals surface area (Å²) in [6.45, 7) is 14.7. The monoisotopic (exact) mass is 1080 g/mol. The summed E-state index contributed by atoms with van der Waals surface area (Å²) in [5.41, 5.74) is 19.1. The van der Waals surface area contributed by atoms with Gasteiger partial charge >= 0.3 is 0 Å². The molecule has 69 heavy (non-hydrogen) atoms. The molecule has 0 radical (unpaired) electrons. The topological polar surface area (TPSA) is 50.9 Å². The van der Waals surface area contributed by atoms with Crippen LogP contribution in [0.1, 0.15) is 82.9 Å². The van der Waals surface area contributed by atoms with Crippen molar-refractivity contribution in [3.63, 3.8) is 0 Å². The summed E-state index contributed by atoms with van der Waals surface area (Å²) in [6.07, 6.45) is 1.88. The number of hydrogen-bond donors (Lipinski definition) is 1. The molecule has 8 aromatic carbocycles. The summed E-state index contributed by atoms with van der Waals surface area (Å²) in [5, 5.41) is 12.5. The first kappa shape index (κ1) is 45.6. The molecule has 2 aromatic heterocycles. The minimum atomic E-state index is -0.928. The number of benzene rings is 8. The van der Waals surface area contributed by atoms with Crippen molar-refractivity contribution in [1.82, 2.24) is 14.5 Å². The van der Waals surface area contributed by atoms with E-state index in [2.05, 4.69) is 209 Å². The van der Waals surface area contributed by atoms with Gasteiger partial charge in [0.2, 0.25) is 0 Å². The maximum Gasteiger partial charge on any atom is 0.148 e. The van der Waals surface area contributed by atoms with E-state index < -0.39 is 5.89 Å². The molecule has 0 atom stereocenters. The second kappa shape index (κ2) is 19.8. The number of hydrogen-bond acceptors (Lipinski definition) is 3. The van der Waals surface area contributed by atoms with Crippen LogP contribution in [-0.4, -0.2) is 19.6 Å². The summed E-state index contributed by atoms with van der Waals surface area (Å²) in [6, 6.07) is 67.4. The first-order chi connectivity index (χ1) is 33.3. The molecule has 5 heteroatoms. The molecule has 1 N–H and O–H groups in total. The Labute approximate surface area is 423 Å². The summed E-state index contributed by atoms with van der Waals surface area (Å²) in [4.78, 5) is 10.6. The van der Waals surface area contributed by atoms with E-state index >= 15 is 0 Å². The maximum atomic E-state index is 12.5. The van der Waals surface area contributed by atoms with Crippen LogP contribution in [0.2, 0.25) is 0 Å². The van der Waals surface area contributed by atoms with E-state index in [1.54, 1.807) is 0 Å². The number of aromatic hydroxyl groups is 1. The number of pyridine rings is 1. The number of phenols is 1. The van der Waals surface area contributed by atoms with E-state index in [1.165, 1.54) is 5.56 Å². The van der Waals surface area contributed by atoms with Crippen molar-refractivity contribution >= 4 is 11.0 Å². The average molecular weight is 1080 g/mol. The summed E-state index contributed by atoms with van der Waals surface area (Å²) < 4.78 is 11.8. The van der Waals surface area contributed by atoms with Crippen molar-refractivity contribution in [3.8, 4) is 89.7 Å². The number of aryl methyl sites for hydroxylation is 1. The van der Waals surface area contributed by atoms with Crippen LogP contribution in [-0.2, 0) is 21.1 Å². The Bertz CT molecular complexity index is 3480. The van der Waals surface area contributed by atoms with Gasteiger partial charge in [-0.1, -0.05) is 203 Å². The van der Waals surface area contributed by atoms with Crippen molar-refractivity contribution < 1.29 is 27.5 Å². The zero-order valence-corrected chi connectivity index (χ0v) is 42.4. The van der Waals surface area contributed by atoms with Gasteiger partial charge in [0.05, 0.1) is 22.3 Å².